The normalized spacial score (nSPS) is 12.2. The minimum Gasteiger partial charge on any atom is -0.294 e. The van der Waals surface area contributed by atoms with Gasteiger partial charge in [0, 0.05) is 16.3 Å². The number of hydrogen-bond donors (Lipinski definition) is 0. The first-order valence-electron chi connectivity index (χ1n) is 14.8. The standard InChI is InChI=1S/C41H24N2/c1-3-13-28-26(11-1)32-17-9-18-33-27-12-2-4-14-29(27)35-24-25(23-34(28)41(35)40(32)33)36-19-10-22-39(42-36)43-37-20-7-5-15-30(37)31-16-6-8-21-38(31)43/h1-24H. The minimum absolute atomic E-state index is 0.926. The Bertz CT molecular complexity index is 2570. The van der Waals surface area contributed by atoms with Crippen LogP contribution in [0.5, 0.6) is 0 Å². The lowest BCUT2D eigenvalue weighted by Gasteiger charge is -2.19. The fourth-order valence-electron chi connectivity index (χ4n) is 7.54. The molecular weight excluding hydrogens is 520 g/mol. The SMILES string of the molecule is c1cc(-c2cc3c4ccccc4c4cccc5c6ccccc6c(c2)c3c45)nc(-n2c3ccccc3c3ccccc32)c1. The van der Waals surface area contributed by atoms with Crippen molar-refractivity contribution in [1.82, 2.24) is 9.55 Å². The van der Waals surface area contributed by atoms with Crippen LogP contribution in [-0.2, 0) is 0 Å². The third kappa shape index (κ3) is 3.05. The fraction of sp³-hybridized carbons (Fsp3) is 0. The van der Waals surface area contributed by atoms with Gasteiger partial charge in [0.1, 0.15) is 5.82 Å². The van der Waals surface area contributed by atoms with Crippen LogP contribution in [0.25, 0.3) is 92.7 Å². The highest BCUT2D eigenvalue weighted by Crippen LogP contribution is 2.46. The number of aromatic nitrogens is 2. The molecule has 198 valence electrons. The maximum absolute atomic E-state index is 5.34. The lowest BCUT2D eigenvalue weighted by atomic mass is 9.85. The van der Waals surface area contributed by atoms with Gasteiger partial charge in [-0.3, -0.25) is 4.57 Å². The fourth-order valence-corrected chi connectivity index (χ4v) is 7.54. The first kappa shape index (κ1) is 22.9. The Balaban J connectivity index is 1.33. The molecule has 0 fully saturated rings. The minimum atomic E-state index is 0.926. The summed E-state index contributed by atoms with van der Waals surface area (Å²) in [5, 5.41) is 15.5. The summed E-state index contributed by atoms with van der Waals surface area (Å²) in [6.07, 6.45) is 0. The second kappa shape index (κ2) is 8.40. The van der Waals surface area contributed by atoms with Crippen molar-refractivity contribution in [1.29, 1.82) is 0 Å². The smallest absolute Gasteiger partial charge is 0.138 e. The highest BCUT2D eigenvalue weighted by atomic mass is 15.1. The zero-order valence-corrected chi connectivity index (χ0v) is 23.3. The number of rotatable bonds is 2. The summed E-state index contributed by atoms with van der Waals surface area (Å²) in [5.41, 5.74) is 4.43. The predicted molar refractivity (Wildman–Crippen MR) is 183 cm³/mol. The van der Waals surface area contributed by atoms with E-state index in [0.717, 1.165) is 17.1 Å². The molecule has 10 aromatic rings. The third-order valence-corrected chi connectivity index (χ3v) is 9.31. The Hall–Kier alpha value is -5.73. The van der Waals surface area contributed by atoms with Crippen LogP contribution in [0, 0.1) is 0 Å². The number of hydrogen-bond acceptors (Lipinski definition) is 1. The van der Waals surface area contributed by atoms with Gasteiger partial charge in [0.2, 0.25) is 0 Å². The molecule has 2 aromatic heterocycles. The molecular formula is C41H24N2. The number of pyridine rings is 1. The maximum Gasteiger partial charge on any atom is 0.138 e. The van der Waals surface area contributed by atoms with E-state index in [4.69, 9.17) is 4.98 Å². The highest BCUT2D eigenvalue weighted by Gasteiger charge is 2.19. The first-order valence-corrected chi connectivity index (χ1v) is 14.8. The van der Waals surface area contributed by atoms with Crippen LogP contribution in [0.1, 0.15) is 0 Å². The van der Waals surface area contributed by atoms with E-state index >= 15 is 0 Å². The topological polar surface area (TPSA) is 17.8 Å². The molecule has 0 radical (unpaired) electrons. The lowest BCUT2D eigenvalue weighted by molar-refractivity contribution is 1.08. The van der Waals surface area contributed by atoms with Crippen molar-refractivity contribution >= 4 is 75.7 Å². The molecule has 0 amide bonds. The average molecular weight is 545 g/mol. The molecule has 0 atom stereocenters. The second-order valence-corrected chi connectivity index (χ2v) is 11.5. The number of benzene rings is 8. The molecule has 2 heteroatoms. The number of nitrogens with zero attached hydrogens (tertiary/aromatic N) is 2. The van der Waals surface area contributed by atoms with Crippen LogP contribution in [0.4, 0.5) is 0 Å². The van der Waals surface area contributed by atoms with Gasteiger partial charge in [-0.1, -0.05) is 109 Å². The molecule has 0 bridgehead atoms. The highest BCUT2D eigenvalue weighted by molar-refractivity contribution is 6.40. The van der Waals surface area contributed by atoms with Gasteiger partial charge in [0.15, 0.2) is 0 Å². The zero-order chi connectivity index (χ0) is 28.1. The van der Waals surface area contributed by atoms with E-state index in [9.17, 15) is 0 Å². The molecule has 0 aliphatic rings. The lowest BCUT2D eigenvalue weighted by Crippen LogP contribution is -1.98. The van der Waals surface area contributed by atoms with Gasteiger partial charge in [-0.25, -0.2) is 4.98 Å². The summed E-state index contributed by atoms with van der Waals surface area (Å²) < 4.78 is 2.30. The number of para-hydroxylation sites is 2. The summed E-state index contributed by atoms with van der Waals surface area (Å²) >= 11 is 0. The summed E-state index contributed by atoms with van der Waals surface area (Å²) in [7, 11) is 0. The average Bonchev–Trinajstić information content (AvgIpc) is 3.42. The monoisotopic (exact) mass is 544 g/mol. The molecule has 2 heterocycles. The Morgan fingerprint density at radius 2 is 0.767 bits per heavy atom. The Kier molecular flexibility index (Phi) is 4.48. The van der Waals surface area contributed by atoms with Gasteiger partial charge in [0.05, 0.1) is 16.7 Å². The van der Waals surface area contributed by atoms with Crippen LogP contribution in [0.3, 0.4) is 0 Å². The Morgan fingerprint density at radius 1 is 0.349 bits per heavy atom. The van der Waals surface area contributed by atoms with Gasteiger partial charge >= 0.3 is 0 Å². The second-order valence-electron chi connectivity index (χ2n) is 11.5. The van der Waals surface area contributed by atoms with Crippen LogP contribution >= 0.6 is 0 Å². The van der Waals surface area contributed by atoms with Gasteiger partial charge in [0.25, 0.3) is 0 Å². The van der Waals surface area contributed by atoms with Crippen molar-refractivity contribution < 1.29 is 0 Å². The van der Waals surface area contributed by atoms with E-state index in [2.05, 4.69) is 150 Å². The van der Waals surface area contributed by atoms with E-state index in [1.807, 2.05) is 0 Å². The van der Waals surface area contributed by atoms with E-state index in [0.29, 0.717) is 0 Å². The van der Waals surface area contributed by atoms with Crippen molar-refractivity contribution in [2.24, 2.45) is 0 Å². The maximum atomic E-state index is 5.34. The van der Waals surface area contributed by atoms with Crippen molar-refractivity contribution in [2.75, 3.05) is 0 Å². The van der Waals surface area contributed by atoms with Gasteiger partial charge in [-0.2, -0.15) is 0 Å². The summed E-state index contributed by atoms with van der Waals surface area (Å²) in [4.78, 5) is 5.34. The van der Waals surface area contributed by atoms with E-state index in [1.165, 1.54) is 75.7 Å². The Labute approximate surface area is 247 Å². The van der Waals surface area contributed by atoms with Crippen molar-refractivity contribution in [3.63, 3.8) is 0 Å². The van der Waals surface area contributed by atoms with Crippen LogP contribution < -0.4 is 0 Å². The molecule has 0 saturated carbocycles. The molecule has 0 saturated heterocycles. The summed E-state index contributed by atoms with van der Waals surface area (Å²) in [5.74, 6) is 0.926. The molecule has 2 nitrogen and oxygen atoms in total. The molecule has 43 heavy (non-hydrogen) atoms. The van der Waals surface area contributed by atoms with Crippen LogP contribution in [0.2, 0.25) is 0 Å². The van der Waals surface area contributed by atoms with Gasteiger partial charge < -0.3 is 0 Å². The van der Waals surface area contributed by atoms with E-state index in [1.54, 1.807) is 0 Å². The van der Waals surface area contributed by atoms with Gasteiger partial charge in [-0.15, -0.1) is 0 Å². The number of fused-ring (bicyclic) bond motifs is 9. The van der Waals surface area contributed by atoms with Crippen molar-refractivity contribution in [3.8, 4) is 17.1 Å². The van der Waals surface area contributed by atoms with E-state index in [-0.39, 0.29) is 0 Å². The van der Waals surface area contributed by atoms with Crippen molar-refractivity contribution in [3.05, 3.63) is 146 Å². The molecule has 0 unspecified atom stereocenters. The molecule has 0 aliphatic heterocycles. The molecule has 0 N–H and O–H groups in total. The third-order valence-electron chi connectivity index (χ3n) is 9.31. The largest absolute Gasteiger partial charge is 0.294 e. The summed E-state index contributed by atoms with van der Waals surface area (Å²) in [6.45, 7) is 0. The zero-order valence-electron chi connectivity index (χ0n) is 23.3. The quantitative estimate of drug-likeness (QED) is 0.156. The molecule has 8 aromatic carbocycles. The predicted octanol–water partition coefficient (Wildman–Crippen LogP) is 11.0. The van der Waals surface area contributed by atoms with E-state index < -0.39 is 0 Å². The van der Waals surface area contributed by atoms with Gasteiger partial charge in [-0.05, 0) is 90.3 Å². The molecule has 10 rings (SSSR count). The Morgan fingerprint density at radius 3 is 1.33 bits per heavy atom. The first-order chi connectivity index (χ1) is 21.3. The summed E-state index contributed by atoms with van der Waals surface area (Å²) in [6, 6.07) is 52.8. The molecule has 0 aliphatic carbocycles. The van der Waals surface area contributed by atoms with Crippen LogP contribution in [-0.4, -0.2) is 9.55 Å². The van der Waals surface area contributed by atoms with Crippen molar-refractivity contribution in [2.45, 2.75) is 0 Å². The van der Waals surface area contributed by atoms with Crippen LogP contribution in [0.15, 0.2) is 146 Å². The molecule has 0 spiro atoms.